The summed E-state index contributed by atoms with van der Waals surface area (Å²) in [6.07, 6.45) is 7.70. The second-order valence-electron chi connectivity index (χ2n) is 5.99. The van der Waals surface area contributed by atoms with Crippen LogP contribution in [-0.2, 0) is 9.47 Å². The van der Waals surface area contributed by atoms with Crippen molar-refractivity contribution >= 4 is 11.6 Å². The summed E-state index contributed by atoms with van der Waals surface area (Å²) in [4.78, 5) is 0. The smallest absolute Gasteiger partial charge is 0.130 e. The number of ether oxygens (including phenoxy) is 2. The Hall–Kier alpha value is -1.75. The maximum absolute atomic E-state index is 10.1. The Morgan fingerprint density at radius 2 is 2.25 bits per heavy atom. The van der Waals surface area contributed by atoms with Gasteiger partial charge in [-0.3, -0.25) is 0 Å². The van der Waals surface area contributed by atoms with Crippen molar-refractivity contribution in [3.63, 3.8) is 0 Å². The van der Waals surface area contributed by atoms with E-state index in [9.17, 15) is 5.11 Å². The lowest BCUT2D eigenvalue weighted by atomic mass is 9.98. The number of nitrogens with one attached hydrogen (secondary N) is 1. The fraction of sp³-hybridized carbons (Fsp3) is 0.368. The van der Waals surface area contributed by atoms with Gasteiger partial charge in [0.15, 0.2) is 0 Å². The molecular weight excluding hydrogens is 326 g/mol. The molecule has 1 aliphatic carbocycles. The summed E-state index contributed by atoms with van der Waals surface area (Å²) in [6, 6.07) is 7.26. The van der Waals surface area contributed by atoms with E-state index in [0.717, 1.165) is 17.1 Å². The lowest BCUT2D eigenvalue weighted by Crippen LogP contribution is -2.25. The van der Waals surface area contributed by atoms with E-state index in [4.69, 9.17) is 21.1 Å². The van der Waals surface area contributed by atoms with Crippen LogP contribution in [0, 0.1) is 5.92 Å². The maximum Gasteiger partial charge on any atom is 0.130 e. The van der Waals surface area contributed by atoms with Crippen LogP contribution < -0.4 is 5.32 Å². The highest BCUT2D eigenvalue weighted by Crippen LogP contribution is 2.29. The molecule has 5 heteroatoms. The molecule has 2 N–H and O–H groups in total. The van der Waals surface area contributed by atoms with Gasteiger partial charge in [-0.2, -0.15) is 0 Å². The molecule has 0 amide bonds. The van der Waals surface area contributed by atoms with Crippen LogP contribution in [-0.4, -0.2) is 30.9 Å². The number of fused-ring (bicyclic) bond motifs is 1. The average molecular weight is 348 g/mol. The van der Waals surface area contributed by atoms with Crippen molar-refractivity contribution in [3.05, 3.63) is 70.7 Å². The van der Waals surface area contributed by atoms with Gasteiger partial charge in [-0.25, -0.2) is 0 Å². The summed E-state index contributed by atoms with van der Waals surface area (Å²) >= 11 is 5.93. The molecule has 0 fully saturated rings. The fourth-order valence-corrected chi connectivity index (χ4v) is 3.04. The lowest BCUT2D eigenvalue weighted by Gasteiger charge is -2.19. The number of rotatable bonds is 7. The first kappa shape index (κ1) is 17.1. The first-order valence-electron chi connectivity index (χ1n) is 8.14. The zero-order valence-electron chi connectivity index (χ0n) is 13.6. The van der Waals surface area contributed by atoms with Crippen LogP contribution in [0.3, 0.4) is 0 Å². The van der Waals surface area contributed by atoms with Gasteiger partial charge in [-0.1, -0.05) is 29.8 Å². The van der Waals surface area contributed by atoms with Gasteiger partial charge in [-0.15, -0.1) is 0 Å². The van der Waals surface area contributed by atoms with Gasteiger partial charge < -0.3 is 19.9 Å². The van der Waals surface area contributed by atoms with Crippen molar-refractivity contribution in [2.45, 2.75) is 19.1 Å². The van der Waals surface area contributed by atoms with Gasteiger partial charge >= 0.3 is 0 Å². The fourth-order valence-electron chi connectivity index (χ4n) is 2.84. The number of halogens is 1. The number of hydrogen-bond acceptors (Lipinski definition) is 4. The summed E-state index contributed by atoms with van der Waals surface area (Å²) in [5, 5.41) is 13.9. The summed E-state index contributed by atoms with van der Waals surface area (Å²) in [5.74, 6) is 2.11. The van der Waals surface area contributed by atoms with Gasteiger partial charge in [0.1, 0.15) is 18.5 Å². The van der Waals surface area contributed by atoms with Crippen molar-refractivity contribution in [2.75, 3.05) is 19.7 Å². The molecule has 24 heavy (non-hydrogen) atoms. The van der Waals surface area contributed by atoms with E-state index >= 15 is 0 Å². The highest BCUT2D eigenvalue weighted by atomic mass is 35.5. The van der Waals surface area contributed by atoms with Crippen LogP contribution in [0.4, 0.5) is 0 Å². The van der Waals surface area contributed by atoms with Crippen LogP contribution in [0.25, 0.3) is 0 Å². The molecule has 0 spiro atoms. The lowest BCUT2D eigenvalue weighted by molar-refractivity contribution is 0.149. The first-order valence-corrected chi connectivity index (χ1v) is 8.52. The van der Waals surface area contributed by atoms with Crippen molar-refractivity contribution in [1.29, 1.82) is 0 Å². The Bertz CT molecular complexity index is 668. The SMILES string of the molecule is CC1=CC2C=CC(OCCNCC(O)c3cccc(Cl)c3)=CC2O1. The van der Waals surface area contributed by atoms with E-state index < -0.39 is 6.10 Å². The minimum Gasteiger partial charge on any atom is -0.492 e. The predicted octanol–water partition coefficient (Wildman–Crippen LogP) is 3.35. The zero-order valence-corrected chi connectivity index (χ0v) is 14.4. The highest BCUT2D eigenvalue weighted by Gasteiger charge is 2.26. The molecule has 1 aromatic rings. The quantitative estimate of drug-likeness (QED) is 0.743. The van der Waals surface area contributed by atoms with Gasteiger partial charge in [0.05, 0.1) is 11.9 Å². The predicted molar refractivity (Wildman–Crippen MR) is 94.6 cm³/mol. The molecule has 1 aromatic carbocycles. The maximum atomic E-state index is 10.1. The zero-order chi connectivity index (χ0) is 16.9. The molecule has 0 aromatic heterocycles. The van der Waals surface area contributed by atoms with E-state index in [1.54, 1.807) is 12.1 Å². The molecule has 3 unspecified atom stereocenters. The number of aliphatic hydroxyl groups is 1. The minimum atomic E-state index is -0.584. The molecule has 128 valence electrons. The van der Waals surface area contributed by atoms with Crippen molar-refractivity contribution in [3.8, 4) is 0 Å². The topological polar surface area (TPSA) is 50.7 Å². The van der Waals surface area contributed by atoms with Crippen LogP contribution in [0.2, 0.25) is 5.02 Å². The third-order valence-corrected chi connectivity index (χ3v) is 4.29. The van der Waals surface area contributed by atoms with Crippen LogP contribution in [0.15, 0.2) is 60.1 Å². The standard InChI is InChI=1S/C19H22ClNO3/c1-13-9-15-5-6-17(11-19(15)24-13)23-8-7-21-12-18(22)14-3-2-4-16(20)10-14/h2-6,9-11,15,18-19,21-22H,7-8,12H2,1H3. The molecular formula is C19H22ClNO3. The summed E-state index contributed by atoms with van der Waals surface area (Å²) < 4.78 is 11.4. The largest absolute Gasteiger partial charge is 0.492 e. The minimum absolute atomic E-state index is 0.0580. The Labute approximate surface area is 147 Å². The average Bonchev–Trinajstić information content (AvgIpc) is 2.93. The normalized spacial score (nSPS) is 23.1. The van der Waals surface area contributed by atoms with Crippen molar-refractivity contribution < 1.29 is 14.6 Å². The van der Waals surface area contributed by atoms with Crippen LogP contribution >= 0.6 is 11.6 Å². The molecule has 4 nitrogen and oxygen atoms in total. The Balaban J connectivity index is 1.36. The molecule has 3 rings (SSSR count). The molecule has 0 saturated carbocycles. The first-order chi connectivity index (χ1) is 11.6. The third-order valence-electron chi connectivity index (χ3n) is 4.06. The Kier molecular flexibility index (Phi) is 5.61. The van der Waals surface area contributed by atoms with Gasteiger partial charge in [0.2, 0.25) is 0 Å². The van der Waals surface area contributed by atoms with Crippen LogP contribution in [0.5, 0.6) is 0 Å². The van der Waals surface area contributed by atoms with E-state index in [1.165, 1.54) is 0 Å². The summed E-state index contributed by atoms with van der Waals surface area (Å²) in [7, 11) is 0. The third kappa shape index (κ3) is 4.41. The highest BCUT2D eigenvalue weighted by molar-refractivity contribution is 6.30. The number of aliphatic hydroxyl groups excluding tert-OH is 1. The molecule has 0 radical (unpaired) electrons. The van der Waals surface area contributed by atoms with Crippen molar-refractivity contribution in [1.82, 2.24) is 5.32 Å². The Morgan fingerprint density at radius 3 is 3.08 bits per heavy atom. The van der Waals surface area contributed by atoms with Gasteiger partial charge in [0, 0.05) is 24.0 Å². The van der Waals surface area contributed by atoms with E-state index in [-0.39, 0.29) is 6.10 Å². The van der Waals surface area contributed by atoms with E-state index in [0.29, 0.717) is 30.6 Å². The second-order valence-corrected chi connectivity index (χ2v) is 6.43. The number of allylic oxidation sites excluding steroid dienone is 2. The Morgan fingerprint density at radius 1 is 1.38 bits per heavy atom. The summed E-state index contributed by atoms with van der Waals surface area (Å²) in [5.41, 5.74) is 0.807. The number of hydrogen-bond donors (Lipinski definition) is 2. The molecule has 1 aliphatic heterocycles. The van der Waals surface area contributed by atoms with Crippen molar-refractivity contribution in [2.24, 2.45) is 5.92 Å². The van der Waals surface area contributed by atoms with Crippen LogP contribution in [0.1, 0.15) is 18.6 Å². The summed E-state index contributed by atoms with van der Waals surface area (Å²) in [6.45, 7) is 3.60. The van der Waals surface area contributed by atoms with E-state index in [2.05, 4.69) is 17.5 Å². The molecule has 3 atom stereocenters. The van der Waals surface area contributed by atoms with Gasteiger partial charge in [-0.05, 0) is 42.8 Å². The second kappa shape index (κ2) is 7.88. The monoisotopic (exact) mass is 347 g/mol. The van der Waals surface area contributed by atoms with Gasteiger partial charge in [0.25, 0.3) is 0 Å². The molecule has 2 aliphatic rings. The molecule has 0 bridgehead atoms. The molecule has 1 heterocycles. The number of benzene rings is 1. The van der Waals surface area contributed by atoms with E-state index in [1.807, 2.05) is 31.2 Å². The molecule has 0 saturated heterocycles.